The summed E-state index contributed by atoms with van der Waals surface area (Å²) in [6, 6.07) is 0. The number of nitrogens with one attached hydrogen (secondary N) is 4. The lowest BCUT2D eigenvalue weighted by molar-refractivity contribution is -0.127. The number of amides is 4. The highest BCUT2D eigenvalue weighted by molar-refractivity contribution is 5.79. The number of hydrogen-bond acceptors (Lipinski definition) is 14. The summed E-state index contributed by atoms with van der Waals surface area (Å²) in [5.74, 6) is 0.0903. The normalized spacial score (nSPS) is 10.5. The van der Waals surface area contributed by atoms with E-state index in [0.29, 0.717) is 111 Å². The van der Waals surface area contributed by atoms with E-state index in [-0.39, 0.29) is 56.1 Å². The van der Waals surface area contributed by atoms with Crippen molar-refractivity contribution in [1.82, 2.24) is 21.3 Å². The fourth-order valence-corrected chi connectivity index (χ4v) is 3.70. The van der Waals surface area contributed by atoms with Crippen molar-refractivity contribution < 1.29 is 66.5 Å². The molecular weight excluding hydrogens is 724 g/mol. The van der Waals surface area contributed by atoms with E-state index in [2.05, 4.69) is 28.2 Å². The van der Waals surface area contributed by atoms with Gasteiger partial charge in [0.2, 0.25) is 23.6 Å². The number of methoxy groups -OCH3 is 6. The van der Waals surface area contributed by atoms with E-state index in [9.17, 15) is 19.2 Å². The Morgan fingerprint density at radius 3 is 1.05 bits per heavy atom. The van der Waals surface area contributed by atoms with E-state index in [0.717, 1.165) is 13.2 Å². The van der Waals surface area contributed by atoms with Gasteiger partial charge >= 0.3 is 0 Å². The zero-order valence-electron chi connectivity index (χ0n) is 34.6. The molecule has 18 nitrogen and oxygen atoms in total. The standard InChI is InChI=1S/C14H28N2O6.C12H24N2O4.C10H22O4.CH4/c1-12(8-15-13(17)10-21-6-4-19-2)9-16-14(18)11-22-7-5-20-3;1-10(8-11(15)13-4-6-17-2)9-12(16)14-5-7-18-3;1-10(8-13-6-4-11-2)9-14-7-5-12-3;/h12H,4-11H2,1-3H3,(H,15,17)(H,16,18);10H,4-9H2,1-3H3,(H,13,15)(H,14,16);10H,4-9H2,1-3H3;1H4. The van der Waals surface area contributed by atoms with Gasteiger partial charge in [0, 0.05) is 87.6 Å². The van der Waals surface area contributed by atoms with Gasteiger partial charge in [-0.25, -0.2) is 0 Å². The Labute approximate surface area is 331 Å². The van der Waals surface area contributed by atoms with Crippen LogP contribution >= 0.6 is 0 Å². The number of hydrogen-bond donors (Lipinski definition) is 4. The summed E-state index contributed by atoms with van der Waals surface area (Å²) in [5.41, 5.74) is 0. The monoisotopic (exact) mass is 803 g/mol. The lowest BCUT2D eigenvalue weighted by atomic mass is 10.0. The van der Waals surface area contributed by atoms with Gasteiger partial charge in [-0.05, 0) is 11.8 Å². The van der Waals surface area contributed by atoms with Crippen molar-refractivity contribution in [3.8, 4) is 0 Å². The Morgan fingerprint density at radius 1 is 0.400 bits per heavy atom. The summed E-state index contributed by atoms with van der Waals surface area (Å²) in [4.78, 5) is 45.8. The van der Waals surface area contributed by atoms with E-state index >= 15 is 0 Å². The Hall–Kier alpha value is -2.52. The van der Waals surface area contributed by atoms with Crippen LogP contribution in [0, 0.1) is 17.8 Å². The minimum atomic E-state index is -0.183. The third kappa shape index (κ3) is 51.5. The third-order valence-corrected chi connectivity index (χ3v) is 6.62. The minimum absolute atomic E-state index is 0. The molecule has 0 rings (SSSR count). The van der Waals surface area contributed by atoms with Crippen LogP contribution in [0.25, 0.3) is 0 Å². The zero-order chi connectivity index (χ0) is 41.1. The molecule has 0 spiro atoms. The van der Waals surface area contributed by atoms with Gasteiger partial charge in [-0.15, -0.1) is 0 Å². The van der Waals surface area contributed by atoms with Gasteiger partial charge in [0.25, 0.3) is 0 Å². The first-order chi connectivity index (χ1) is 26.0. The van der Waals surface area contributed by atoms with Crippen molar-refractivity contribution >= 4 is 23.6 Å². The van der Waals surface area contributed by atoms with Gasteiger partial charge in [0.15, 0.2) is 0 Å². The Morgan fingerprint density at radius 2 is 0.727 bits per heavy atom. The molecule has 0 aliphatic heterocycles. The summed E-state index contributed by atoms with van der Waals surface area (Å²) in [6.45, 7) is 14.6. The van der Waals surface area contributed by atoms with Crippen LogP contribution in [0.2, 0.25) is 0 Å². The maximum Gasteiger partial charge on any atom is 0.246 e. The lowest BCUT2D eigenvalue weighted by Gasteiger charge is -2.14. The third-order valence-electron chi connectivity index (χ3n) is 6.62. The van der Waals surface area contributed by atoms with Crippen molar-refractivity contribution in [2.24, 2.45) is 17.8 Å². The first-order valence-corrected chi connectivity index (χ1v) is 18.3. The van der Waals surface area contributed by atoms with Crippen molar-refractivity contribution in [3.05, 3.63) is 0 Å². The topological polar surface area (TPSA) is 209 Å². The van der Waals surface area contributed by atoms with Gasteiger partial charge in [0.05, 0.1) is 79.3 Å². The second-order valence-corrected chi connectivity index (χ2v) is 12.2. The van der Waals surface area contributed by atoms with Crippen LogP contribution in [-0.2, 0) is 66.5 Å². The predicted octanol–water partition coefficient (Wildman–Crippen LogP) is 0.693. The molecule has 0 aromatic carbocycles. The molecule has 0 atom stereocenters. The maximum atomic E-state index is 11.5. The summed E-state index contributed by atoms with van der Waals surface area (Å²) < 4.78 is 49.9. The summed E-state index contributed by atoms with van der Waals surface area (Å²) >= 11 is 0. The second-order valence-electron chi connectivity index (χ2n) is 12.2. The largest absolute Gasteiger partial charge is 0.383 e. The molecule has 0 aromatic heterocycles. The molecular formula is C37H78N4O14. The summed E-state index contributed by atoms with van der Waals surface area (Å²) in [6.07, 6.45) is 0.697. The second kappa shape index (κ2) is 47.6. The van der Waals surface area contributed by atoms with Crippen molar-refractivity contribution in [3.63, 3.8) is 0 Å². The Bertz CT molecular complexity index is 797. The molecule has 4 N–H and O–H groups in total. The summed E-state index contributed by atoms with van der Waals surface area (Å²) in [7, 11) is 9.64. The number of ether oxygens (including phenoxy) is 10. The lowest BCUT2D eigenvalue weighted by Crippen LogP contribution is -2.38. The SMILES string of the molecule is C.COCCNC(=O)CC(C)CC(=O)NCCOC.COCCOCC(=O)NCC(C)CNC(=O)COCCOC.COCCOCC(C)COCCOC. The Balaban J connectivity index is -0.000000360. The van der Waals surface area contributed by atoms with E-state index in [1.807, 2.05) is 13.8 Å². The van der Waals surface area contributed by atoms with Crippen LogP contribution in [-0.4, -0.2) is 185 Å². The molecule has 0 unspecified atom stereocenters. The van der Waals surface area contributed by atoms with Gasteiger partial charge in [-0.3, -0.25) is 19.2 Å². The Kier molecular flexibility index (Phi) is 51.2. The molecule has 0 saturated carbocycles. The summed E-state index contributed by atoms with van der Waals surface area (Å²) in [5, 5.41) is 10.9. The fraction of sp³-hybridized carbons (Fsp3) is 0.892. The first-order valence-electron chi connectivity index (χ1n) is 18.3. The average molecular weight is 803 g/mol. The number of carbonyl (C=O) groups is 4. The predicted molar refractivity (Wildman–Crippen MR) is 210 cm³/mol. The van der Waals surface area contributed by atoms with Crippen LogP contribution < -0.4 is 21.3 Å². The smallest absolute Gasteiger partial charge is 0.246 e. The highest BCUT2D eigenvalue weighted by Crippen LogP contribution is 2.06. The van der Waals surface area contributed by atoms with Crippen molar-refractivity contribution in [2.45, 2.75) is 41.0 Å². The molecule has 0 saturated heterocycles. The van der Waals surface area contributed by atoms with E-state index in [1.54, 1.807) is 42.7 Å². The van der Waals surface area contributed by atoms with Gasteiger partial charge in [0.1, 0.15) is 13.2 Å². The molecule has 0 aliphatic carbocycles. The van der Waals surface area contributed by atoms with Crippen LogP contribution in [0.15, 0.2) is 0 Å². The van der Waals surface area contributed by atoms with Gasteiger partial charge < -0.3 is 68.6 Å². The zero-order valence-corrected chi connectivity index (χ0v) is 34.6. The van der Waals surface area contributed by atoms with Crippen LogP contribution in [0.5, 0.6) is 0 Å². The first kappa shape index (κ1) is 59.2. The molecule has 0 aromatic rings. The molecule has 0 heterocycles. The molecule has 55 heavy (non-hydrogen) atoms. The van der Waals surface area contributed by atoms with Gasteiger partial charge in [-0.1, -0.05) is 28.2 Å². The highest BCUT2D eigenvalue weighted by Gasteiger charge is 2.13. The van der Waals surface area contributed by atoms with E-state index in [4.69, 9.17) is 47.4 Å². The van der Waals surface area contributed by atoms with E-state index in [1.165, 1.54) is 0 Å². The minimum Gasteiger partial charge on any atom is -0.383 e. The molecule has 4 amide bonds. The average Bonchev–Trinajstić information content (AvgIpc) is 3.14. The van der Waals surface area contributed by atoms with Gasteiger partial charge in [-0.2, -0.15) is 0 Å². The highest BCUT2D eigenvalue weighted by atomic mass is 16.5. The van der Waals surface area contributed by atoms with Crippen molar-refractivity contribution in [1.29, 1.82) is 0 Å². The fourth-order valence-electron chi connectivity index (χ4n) is 3.70. The number of rotatable bonds is 34. The molecule has 0 bridgehead atoms. The van der Waals surface area contributed by atoms with Crippen LogP contribution in [0.4, 0.5) is 0 Å². The van der Waals surface area contributed by atoms with Crippen molar-refractivity contribution in [2.75, 3.05) is 161 Å². The van der Waals surface area contributed by atoms with E-state index < -0.39 is 0 Å². The molecule has 0 fully saturated rings. The maximum absolute atomic E-state index is 11.5. The molecule has 0 radical (unpaired) electrons. The molecule has 0 aliphatic rings. The quantitative estimate of drug-likeness (QED) is 0.0661. The van der Waals surface area contributed by atoms with Crippen LogP contribution in [0.1, 0.15) is 41.0 Å². The molecule has 18 heteroatoms. The molecule has 330 valence electrons. The van der Waals surface area contributed by atoms with Crippen LogP contribution in [0.3, 0.4) is 0 Å². The number of carbonyl (C=O) groups excluding carboxylic acids is 4.